The number of hydroxylamine groups is 2. The van der Waals surface area contributed by atoms with Gasteiger partial charge < -0.3 is 19.4 Å². The predicted molar refractivity (Wildman–Crippen MR) is 106 cm³/mol. The standard InChI is InChI=1S/C19H15Cl2N3O8/c1-8-14(16(23-31-8)15-9(20)3-2-4-10(15)21)17(26)22-11-7-29-24(18(11)27)32-19(28)12-5-6-13(25)30-12/h2-4,11-12H,5-7H2,1H3,(H,22,26). The largest absolute Gasteiger partial charge is 0.450 e. The Kier molecular flexibility index (Phi) is 6.04. The van der Waals surface area contributed by atoms with Gasteiger partial charge in [0.25, 0.3) is 5.91 Å². The highest BCUT2D eigenvalue weighted by atomic mass is 35.5. The molecule has 32 heavy (non-hydrogen) atoms. The van der Waals surface area contributed by atoms with Crippen molar-refractivity contribution in [3.63, 3.8) is 0 Å². The average molecular weight is 484 g/mol. The second kappa shape index (κ2) is 8.77. The van der Waals surface area contributed by atoms with Crippen molar-refractivity contribution in [1.82, 2.24) is 15.7 Å². The third kappa shape index (κ3) is 4.14. The zero-order valence-electron chi connectivity index (χ0n) is 16.4. The second-order valence-corrected chi connectivity index (χ2v) is 7.72. The number of hydrogen-bond acceptors (Lipinski definition) is 9. The SMILES string of the molecule is Cc1onc(-c2c(Cl)cccc2Cl)c1C(=O)NC1CON(OC(=O)C2CCC(=O)O2)C1=O. The first-order chi connectivity index (χ1) is 15.3. The molecular weight excluding hydrogens is 469 g/mol. The van der Waals surface area contributed by atoms with Crippen molar-refractivity contribution in [2.75, 3.05) is 6.61 Å². The number of rotatable bonds is 5. The number of carbonyl (C=O) groups is 4. The number of ether oxygens (including phenoxy) is 1. The molecule has 0 spiro atoms. The summed E-state index contributed by atoms with van der Waals surface area (Å²) in [5, 5.41) is 7.23. The molecule has 2 atom stereocenters. The number of amides is 2. The van der Waals surface area contributed by atoms with E-state index < -0.39 is 35.9 Å². The topological polar surface area (TPSA) is 137 Å². The molecule has 0 bridgehead atoms. The van der Waals surface area contributed by atoms with Crippen LogP contribution < -0.4 is 5.32 Å². The molecule has 2 aliphatic rings. The molecule has 2 unspecified atom stereocenters. The van der Waals surface area contributed by atoms with Gasteiger partial charge in [0.2, 0.25) is 6.10 Å². The fourth-order valence-electron chi connectivity index (χ4n) is 3.18. The summed E-state index contributed by atoms with van der Waals surface area (Å²) < 4.78 is 9.93. The molecule has 0 saturated carbocycles. The van der Waals surface area contributed by atoms with Crippen LogP contribution in [-0.4, -0.2) is 52.9 Å². The highest BCUT2D eigenvalue weighted by molar-refractivity contribution is 6.39. The molecule has 13 heteroatoms. The van der Waals surface area contributed by atoms with Crippen LogP contribution >= 0.6 is 23.2 Å². The number of nitrogens with zero attached hydrogens (tertiary/aromatic N) is 2. The van der Waals surface area contributed by atoms with E-state index in [9.17, 15) is 19.2 Å². The van der Waals surface area contributed by atoms with Gasteiger partial charge in [-0.25, -0.2) is 9.63 Å². The molecule has 2 amide bonds. The summed E-state index contributed by atoms with van der Waals surface area (Å²) in [6, 6.07) is 3.63. The summed E-state index contributed by atoms with van der Waals surface area (Å²) in [7, 11) is 0. The van der Waals surface area contributed by atoms with Crippen LogP contribution in [0.4, 0.5) is 0 Å². The van der Waals surface area contributed by atoms with Gasteiger partial charge in [-0.15, -0.1) is 0 Å². The smallest absolute Gasteiger partial charge is 0.375 e. The van der Waals surface area contributed by atoms with Gasteiger partial charge >= 0.3 is 17.8 Å². The predicted octanol–water partition coefficient (Wildman–Crippen LogP) is 1.99. The third-order valence-corrected chi connectivity index (χ3v) is 5.38. The Bertz CT molecular complexity index is 1100. The Balaban J connectivity index is 1.46. The van der Waals surface area contributed by atoms with Crippen LogP contribution in [0.5, 0.6) is 0 Å². The number of halogens is 2. The number of cyclic esters (lactones) is 1. The Labute approximate surface area is 190 Å². The van der Waals surface area contributed by atoms with Crippen molar-refractivity contribution in [3.8, 4) is 11.3 Å². The molecule has 11 nitrogen and oxygen atoms in total. The van der Waals surface area contributed by atoms with Gasteiger partial charge in [0.05, 0.1) is 10.0 Å². The minimum absolute atomic E-state index is 0.0288. The maximum absolute atomic E-state index is 12.9. The zero-order chi connectivity index (χ0) is 23.0. The van der Waals surface area contributed by atoms with Crippen molar-refractivity contribution < 1.29 is 38.1 Å². The highest BCUT2D eigenvalue weighted by Crippen LogP contribution is 2.36. The van der Waals surface area contributed by atoms with Crippen LogP contribution in [0.2, 0.25) is 10.0 Å². The molecule has 2 aliphatic heterocycles. The molecule has 0 aliphatic carbocycles. The monoisotopic (exact) mass is 483 g/mol. The summed E-state index contributed by atoms with van der Waals surface area (Å²) in [4.78, 5) is 58.4. The van der Waals surface area contributed by atoms with Gasteiger partial charge in [0.15, 0.2) is 0 Å². The van der Waals surface area contributed by atoms with Crippen LogP contribution in [0.25, 0.3) is 11.3 Å². The molecule has 2 fully saturated rings. The summed E-state index contributed by atoms with van der Waals surface area (Å²) >= 11 is 12.4. The summed E-state index contributed by atoms with van der Waals surface area (Å²) in [5.41, 5.74) is 0.433. The Morgan fingerprint density at radius 3 is 2.62 bits per heavy atom. The van der Waals surface area contributed by atoms with E-state index in [1.165, 1.54) is 6.92 Å². The fourth-order valence-corrected chi connectivity index (χ4v) is 3.75. The summed E-state index contributed by atoms with van der Waals surface area (Å²) in [6.07, 6.45) is -0.904. The van der Waals surface area contributed by atoms with E-state index in [0.717, 1.165) is 0 Å². The van der Waals surface area contributed by atoms with E-state index in [1.54, 1.807) is 18.2 Å². The van der Waals surface area contributed by atoms with E-state index in [2.05, 4.69) is 10.5 Å². The number of carbonyl (C=O) groups excluding carboxylic acids is 4. The lowest BCUT2D eigenvalue weighted by Gasteiger charge is -2.15. The third-order valence-electron chi connectivity index (χ3n) is 4.75. The summed E-state index contributed by atoms with van der Waals surface area (Å²) in [5.74, 6) is -2.85. The normalized spacial score (nSPS) is 20.4. The average Bonchev–Trinajstić information content (AvgIpc) is 3.43. The van der Waals surface area contributed by atoms with Crippen LogP contribution in [0.1, 0.15) is 29.0 Å². The molecule has 1 aromatic heterocycles. The minimum atomic E-state index is -1.16. The molecule has 168 valence electrons. The van der Waals surface area contributed by atoms with E-state index in [1.807, 2.05) is 0 Å². The molecular formula is C19H15Cl2N3O8. The maximum Gasteiger partial charge on any atom is 0.375 e. The second-order valence-electron chi connectivity index (χ2n) is 6.90. The van der Waals surface area contributed by atoms with Crippen molar-refractivity contribution in [2.45, 2.75) is 31.9 Å². The highest BCUT2D eigenvalue weighted by Gasteiger charge is 2.41. The number of nitrogens with one attached hydrogen (secondary N) is 1. The molecule has 1 N–H and O–H groups in total. The van der Waals surface area contributed by atoms with E-state index in [4.69, 9.17) is 42.1 Å². The Morgan fingerprint density at radius 1 is 1.25 bits per heavy atom. The van der Waals surface area contributed by atoms with Gasteiger partial charge in [-0.2, -0.15) is 0 Å². The van der Waals surface area contributed by atoms with Crippen LogP contribution in [-0.2, 0) is 28.8 Å². The quantitative estimate of drug-likeness (QED) is 0.632. The molecule has 0 radical (unpaired) electrons. The van der Waals surface area contributed by atoms with Gasteiger partial charge in [0.1, 0.15) is 29.7 Å². The number of benzene rings is 1. The molecule has 2 aromatic rings. The number of hydrogen-bond donors (Lipinski definition) is 1. The van der Waals surface area contributed by atoms with Crippen LogP contribution in [0.15, 0.2) is 22.7 Å². The van der Waals surface area contributed by atoms with Crippen LogP contribution in [0, 0.1) is 6.92 Å². The minimum Gasteiger partial charge on any atom is -0.450 e. The first-order valence-corrected chi connectivity index (χ1v) is 10.1. The van der Waals surface area contributed by atoms with Crippen molar-refractivity contribution >= 4 is 47.0 Å². The van der Waals surface area contributed by atoms with E-state index >= 15 is 0 Å². The van der Waals surface area contributed by atoms with Gasteiger partial charge in [0, 0.05) is 18.4 Å². The number of esters is 1. The molecule has 4 rings (SSSR count). The van der Waals surface area contributed by atoms with E-state index in [0.29, 0.717) is 10.8 Å². The Morgan fingerprint density at radius 2 is 1.97 bits per heavy atom. The van der Waals surface area contributed by atoms with Crippen LogP contribution in [0.3, 0.4) is 0 Å². The van der Waals surface area contributed by atoms with Gasteiger partial charge in [-0.3, -0.25) is 14.4 Å². The lowest BCUT2D eigenvalue weighted by atomic mass is 10.0. The molecule has 2 saturated heterocycles. The van der Waals surface area contributed by atoms with E-state index in [-0.39, 0.29) is 46.5 Å². The first-order valence-electron chi connectivity index (χ1n) is 9.36. The molecule has 1 aromatic carbocycles. The molecule has 3 heterocycles. The maximum atomic E-state index is 12.9. The fraction of sp³-hybridized carbons (Fsp3) is 0.316. The van der Waals surface area contributed by atoms with Crippen molar-refractivity contribution in [3.05, 3.63) is 39.6 Å². The van der Waals surface area contributed by atoms with Gasteiger partial charge in [-0.05, 0) is 24.3 Å². The number of aromatic nitrogens is 1. The summed E-state index contributed by atoms with van der Waals surface area (Å²) in [6.45, 7) is 1.22. The first kappa shape index (κ1) is 22.1. The van der Waals surface area contributed by atoms with Crippen molar-refractivity contribution in [1.29, 1.82) is 0 Å². The Hall–Kier alpha value is -3.15. The zero-order valence-corrected chi connectivity index (χ0v) is 17.9. The lowest BCUT2D eigenvalue weighted by molar-refractivity contribution is -0.306. The number of aryl methyl sites for hydroxylation is 1. The lowest BCUT2D eigenvalue weighted by Crippen LogP contribution is -2.43. The van der Waals surface area contributed by atoms with Crippen molar-refractivity contribution in [2.24, 2.45) is 0 Å². The van der Waals surface area contributed by atoms with Gasteiger partial charge in [-0.1, -0.05) is 34.4 Å².